The van der Waals surface area contributed by atoms with Gasteiger partial charge in [-0.2, -0.15) is 0 Å². The molecule has 3 fully saturated rings. The number of carboxylic acids is 1. The van der Waals surface area contributed by atoms with E-state index in [0.29, 0.717) is 18.8 Å². The van der Waals surface area contributed by atoms with Crippen LogP contribution in [0.4, 0.5) is 0 Å². The van der Waals surface area contributed by atoms with E-state index < -0.39 is 5.97 Å². The highest BCUT2D eigenvalue weighted by Gasteiger charge is 2.68. The lowest BCUT2D eigenvalue weighted by Crippen LogP contribution is -2.32. The molecule has 3 heterocycles. The molecule has 0 amide bonds. The summed E-state index contributed by atoms with van der Waals surface area (Å²) in [5, 5.41) is 8.55. The van der Waals surface area contributed by atoms with Crippen molar-refractivity contribution in [2.75, 3.05) is 0 Å². The molecule has 0 aromatic carbocycles. The number of unbranched alkanes of at least 4 members (excludes halogenated alkanes) is 1. The summed E-state index contributed by atoms with van der Waals surface area (Å²) < 4.78 is 11.5. The lowest BCUT2D eigenvalue weighted by atomic mass is 9.76. The van der Waals surface area contributed by atoms with Crippen LogP contribution < -0.4 is 0 Å². The Balaban J connectivity index is 1.47. The molecule has 5 nitrogen and oxygen atoms in total. The van der Waals surface area contributed by atoms with Gasteiger partial charge in [0.25, 0.3) is 0 Å². The van der Waals surface area contributed by atoms with Crippen molar-refractivity contribution in [3.63, 3.8) is 0 Å². The van der Waals surface area contributed by atoms with E-state index >= 15 is 0 Å². The first-order chi connectivity index (χ1) is 9.72. The van der Waals surface area contributed by atoms with Crippen LogP contribution in [0, 0.1) is 11.8 Å². The number of allylic oxidation sites excluding steroid dienone is 2. The highest BCUT2D eigenvalue weighted by molar-refractivity contribution is 5.66. The SMILES string of the molecule is O=CC[C@@H]1[C@H](CC=CCCCC(=O)O)[C@H]2O[C@@H]1[C@H]1O[C@H]12. The molecule has 0 aromatic rings. The number of aliphatic carboxylic acids is 1. The summed E-state index contributed by atoms with van der Waals surface area (Å²) in [5.41, 5.74) is 0. The molecule has 2 bridgehead atoms. The van der Waals surface area contributed by atoms with Gasteiger partial charge in [-0.1, -0.05) is 12.2 Å². The van der Waals surface area contributed by atoms with Crippen molar-refractivity contribution in [3.8, 4) is 0 Å². The van der Waals surface area contributed by atoms with Crippen LogP contribution in [-0.4, -0.2) is 41.8 Å². The van der Waals surface area contributed by atoms with Crippen LogP contribution in [0.15, 0.2) is 12.2 Å². The Labute approximate surface area is 117 Å². The lowest BCUT2D eigenvalue weighted by molar-refractivity contribution is -0.137. The Morgan fingerprint density at radius 1 is 1.00 bits per heavy atom. The summed E-state index contributed by atoms with van der Waals surface area (Å²) in [4.78, 5) is 21.2. The standard InChI is InChI=1S/C15H20O5/c16-8-7-10-9(5-3-1-2-4-6-11(17)18)12-14-15(20-14)13(10)19-12/h1,3,8-10,12-15H,2,4-7H2,(H,17,18)/t9-,10+,12+,13-,14-,15+/m0/s1. The molecule has 1 N–H and O–H groups in total. The third-order valence-electron chi connectivity index (χ3n) is 4.62. The number of hydrogen-bond donors (Lipinski definition) is 1. The minimum Gasteiger partial charge on any atom is -0.481 e. The van der Waals surface area contributed by atoms with Gasteiger partial charge < -0.3 is 19.4 Å². The summed E-state index contributed by atoms with van der Waals surface area (Å²) >= 11 is 0. The van der Waals surface area contributed by atoms with Crippen molar-refractivity contribution >= 4 is 12.3 Å². The molecule has 3 saturated heterocycles. The molecular weight excluding hydrogens is 260 g/mol. The molecule has 0 spiro atoms. The minimum atomic E-state index is -0.747. The Kier molecular flexibility index (Phi) is 3.89. The van der Waals surface area contributed by atoms with E-state index in [2.05, 4.69) is 6.08 Å². The zero-order valence-corrected chi connectivity index (χ0v) is 11.3. The van der Waals surface area contributed by atoms with Gasteiger partial charge >= 0.3 is 5.97 Å². The van der Waals surface area contributed by atoms with Gasteiger partial charge in [-0.3, -0.25) is 4.79 Å². The summed E-state index contributed by atoms with van der Waals surface area (Å²) in [7, 11) is 0. The number of rotatable bonds is 8. The number of epoxide rings is 1. The molecule has 0 saturated carbocycles. The fourth-order valence-corrected chi connectivity index (χ4v) is 3.65. The summed E-state index contributed by atoms with van der Waals surface area (Å²) in [6.07, 6.45) is 8.99. The second-order valence-corrected chi connectivity index (χ2v) is 5.85. The Hall–Kier alpha value is -1.20. The van der Waals surface area contributed by atoms with E-state index in [1.807, 2.05) is 6.08 Å². The van der Waals surface area contributed by atoms with Crippen LogP contribution in [0.1, 0.15) is 32.1 Å². The van der Waals surface area contributed by atoms with E-state index in [0.717, 1.165) is 19.1 Å². The van der Waals surface area contributed by atoms with Gasteiger partial charge in [0, 0.05) is 18.8 Å². The molecule has 0 aliphatic carbocycles. The van der Waals surface area contributed by atoms with Gasteiger partial charge in [0.05, 0.1) is 12.2 Å². The van der Waals surface area contributed by atoms with Gasteiger partial charge in [-0.25, -0.2) is 0 Å². The fourth-order valence-electron chi connectivity index (χ4n) is 3.65. The molecule has 3 rings (SSSR count). The van der Waals surface area contributed by atoms with Gasteiger partial charge in [0.1, 0.15) is 18.5 Å². The van der Waals surface area contributed by atoms with Crippen molar-refractivity contribution < 1.29 is 24.2 Å². The largest absolute Gasteiger partial charge is 0.481 e. The third kappa shape index (κ3) is 2.52. The van der Waals surface area contributed by atoms with Crippen LogP contribution in [0.25, 0.3) is 0 Å². The van der Waals surface area contributed by atoms with E-state index in [-0.39, 0.29) is 36.8 Å². The third-order valence-corrected chi connectivity index (χ3v) is 4.62. The second kappa shape index (κ2) is 5.66. The van der Waals surface area contributed by atoms with Crippen LogP contribution in [0.5, 0.6) is 0 Å². The molecule has 0 unspecified atom stereocenters. The first-order valence-electron chi connectivity index (χ1n) is 7.33. The monoisotopic (exact) mass is 280 g/mol. The van der Waals surface area contributed by atoms with Crippen molar-refractivity contribution in [1.82, 2.24) is 0 Å². The normalized spacial score (nSPS) is 41.0. The number of ether oxygens (including phenoxy) is 2. The Morgan fingerprint density at radius 2 is 1.65 bits per heavy atom. The van der Waals surface area contributed by atoms with E-state index in [1.54, 1.807) is 0 Å². The number of hydrogen-bond acceptors (Lipinski definition) is 4. The first-order valence-corrected chi connectivity index (χ1v) is 7.33. The zero-order valence-electron chi connectivity index (χ0n) is 11.3. The van der Waals surface area contributed by atoms with Crippen molar-refractivity contribution in [1.29, 1.82) is 0 Å². The van der Waals surface area contributed by atoms with Crippen molar-refractivity contribution in [2.45, 2.75) is 56.5 Å². The topological polar surface area (TPSA) is 76.1 Å². The van der Waals surface area contributed by atoms with Crippen molar-refractivity contribution in [2.24, 2.45) is 11.8 Å². The van der Waals surface area contributed by atoms with E-state index in [4.69, 9.17) is 14.6 Å². The average Bonchev–Trinajstić information content (AvgIpc) is 3.04. The highest BCUT2D eigenvalue weighted by atomic mass is 16.7. The Bertz CT molecular complexity index is 418. The van der Waals surface area contributed by atoms with Crippen molar-refractivity contribution in [3.05, 3.63) is 12.2 Å². The molecule has 0 radical (unpaired) electrons. The van der Waals surface area contributed by atoms with Gasteiger partial charge in [0.2, 0.25) is 0 Å². The van der Waals surface area contributed by atoms with E-state index in [1.165, 1.54) is 0 Å². The maximum Gasteiger partial charge on any atom is 0.303 e. The molecule has 5 heteroatoms. The maximum atomic E-state index is 10.8. The van der Waals surface area contributed by atoms with Crippen LogP contribution in [0.2, 0.25) is 0 Å². The molecule has 3 aliphatic heterocycles. The van der Waals surface area contributed by atoms with Crippen LogP contribution in [-0.2, 0) is 19.1 Å². The number of aldehydes is 1. The number of carboxylic acid groups (broad SMARTS) is 1. The fraction of sp³-hybridized carbons (Fsp3) is 0.733. The van der Waals surface area contributed by atoms with Gasteiger partial charge in [0.15, 0.2) is 0 Å². The Morgan fingerprint density at radius 3 is 2.30 bits per heavy atom. The smallest absolute Gasteiger partial charge is 0.303 e. The molecule has 6 atom stereocenters. The minimum absolute atomic E-state index is 0.112. The number of carbonyl (C=O) groups excluding carboxylic acids is 1. The molecular formula is C15H20O5. The lowest BCUT2D eigenvalue weighted by Gasteiger charge is -2.23. The highest BCUT2D eigenvalue weighted by Crippen LogP contribution is 2.55. The number of fused-ring (bicyclic) bond motifs is 5. The van der Waals surface area contributed by atoms with Crippen LogP contribution in [0.3, 0.4) is 0 Å². The van der Waals surface area contributed by atoms with Crippen LogP contribution >= 0.6 is 0 Å². The summed E-state index contributed by atoms with van der Waals surface area (Å²) in [6.45, 7) is 0. The van der Waals surface area contributed by atoms with Gasteiger partial charge in [-0.05, 0) is 25.2 Å². The zero-order chi connectivity index (χ0) is 14.1. The summed E-state index contributed by atoms with van der Waals surface area (Å²) in [6, 6.07) is 0. The quantitative estimate of drug-likeness (QED) is 0.316. The molecule has 0 aromatic heterocycles. The maximum absolute atomic E-state index is 10.8. The average molecular weight is 280 g/mol. The molecule has 110 valence electrons. The molecule has 20 heavy (non-hydrogen) atoms. The summed E-state index contributed by atoms with van der Waals surface area (Å²) in [5.74, 6) is -0.0996. The predicted octanol–water partition coefficient (Wildman–Crippen LogP) is 1.56. The number of carbonyl (C=O) groups is 2. The molecule has 3 aliphatic rings. The second-order valence-electron chi connectivity index (χ2n) is 5.85. The predicted molar refractivity (Wildman–Crippen MR) is 70.2 cm³/mol. The first kappa shape index (κ1) is 13.8. The van der Waals surface area contributed by atoms with Gasteiger partial charge in [-0.15, -0.1) is 0 Å². The van der Waals surface area contributed by atoms with E-state index in [9.17, 15) is 9.59 Å².